The Bertz CT molecular complexity index is 688. The van der Waals surface area contributed by atoms with Crippen molar-refractivity contribution in [1.82, 2.24) is 0 Å². The third-order valence-corrected chi connectivity index (χ3v) is 5.63. The summed E-state index contributed by atoms with van der Waals surface area (Å²) >= 11 is 0. The topological polar surface area (TPSA) is 55.4 Å². The number of nitrogens with one attached hydrogen (secondary N) is 1. The van der Waals surface area contributed by atoms with Gasteiger partial charge >= 0.3 is 5.97 Å². The fourth-order valence-corrected chi connectivity index (χ4v) is 3.55. The van der Waals surface area contributed by atoms with Gasteiger partial charge in [-0.25, -0.2) is 8.78 Å². The number of anilines is 1. The van der Waals surface area contributed by atoms with Crippen LogP contribution >= 0.6 is 0 Å². The van der Waals surface area contributed by atoms with E-state index < -0.39 is 34.0 Å². The van der Waals surface area contributed by atoms with Crippen LogP contribution in [0.25, 0.3) is 0 Å². The molecule has 0 unspecified atom stereocenters. The van der Waals surface area contributed by atoms with Crippen molar-refractivity contribution < 1.29 is 23.1 Å². The highest BCUT2D eigenvalue weighted by Crippen LogP contribution is 2.65. The van der Waals surface area contributed by atoms with Gasteiger partial charge in [0.25, 0.3) is 5.91 Å². The monoisotopic (exact) mass is 309 g/mol. The number of benzene rings is 1. The molecule has 2 atom stereocenters. The van der Waals surface area contributed by atoms with E-state index >= 15 is 0 Å². The third-order valence-electron chi connectivity index (χ3n) is 5.63. The Morgan fingerprint density at radius 3 is 2.36 bits per heavy atom. The van der Waals surface area contributed by atoms with E-state index in [1.807, 2.05) is 13.8 Å². The first-order valence-electron chi connectivity index (χ1n) is 7.14. The summed E-state index contributed by atoms with van der Waals surface area (Å²) < 4.78 is 31.6. The highest BCUT2D eigenvalue weighted by Gasteiger charge is 2.75. The molecule has 2 fully saturated rings. The molecule has 3 rings (SSSR count). The van der Waals surface area contributed by atoms with Gasteiger partial charge < -0.3 is 10.1 Å². The molecule has 1 saturated carbocycles. The van der Waals surface area contributed by atoms with E-state index in [-0.39, 0.29) is 11.7 Å². The molecule has 2 aliphatic rings. The number of ether oxygens (including phenoxy) is 1. The average molecular weight is 309 g/mol. The van der Waals surface area contributed by atoms with E-state index in [0.717, 1.165) is 12.1 Å². The molecule has 2 bridgehead atoms. The van der Waals surface area contributed by atoms with Crippen LogP contribution in [0, 0.1) is 22.5 Å². The van der Waals surface area contributed by atoms with Crippen LogP contribution in [0.3, 0.4) is 0 Å². The van der Waals surface area contributed by atoms with E-state index in [0.29, 0.717) is 12.8 Å². The first-order valence-corrected chi connectivity index (χ1v) is 7.14. The summed E-state index contributed by atoms with van der Waals surface area (Å²) in [6, 6.07) is 3.11. The van der Waals surface area contributed by atoms with Crippen molar-refractivity contribution in [2.45, 2.75) is 39.2 Å². The summed E-state index contributed by atoms with van der Waals surface area (Å²) in [5.41, 5.74) is -2.53. The van der Waals surface area contributed by atoms with Crippen LogP contribution in [0.15, 0.2) is 18.2 Å². The molecule has 1 amide bonds. The van der Waals surface area contributed by atoms with Crippen molar-refractivity contribution >= 4 is 17.6 Å². The Morgan fingerprint density at radius 1 is 1.18 bits per heavy atom. The molecule has 22 heavy (non-hydrogen) atoms. The second-order valence-corrected chi connectivity index (χ2v) is 6.76. The summed E-state index contributed by atoms with van der Waals surface area (Å²) in [4.78, 5) is 24.8. The lowest BCUT2D eigenvalue weighted by molar-refractivity contribution is -0.165. The van der Waals surface area contributed by atoms with Gasteiger partial charge in [-0.2, -0.15) is 0 Å². The molecule has 1 aromatic carbocycles. The highest BCUT2D eigenvalue weighted by atomic mass is 19.2. The zero-order chi connectivity index (χ0) is 16.3. The zero-order valence-electron chi connectivity index (χ0n) is 12.6. The lowest BCUT2D eigenvalue weighted by Gasteiger charge is -2.35. The normalized spacial score (nSPS) is 32.0. The lowest BCUT2D eigenvalue weighted by Crippen LogP contribution is -2.50. The summed E-state index contributed by atoms with van der Waals surface area (Å²) in [5.74, 6) is -2.92. The molecule has 0 spiro atoms. The standard InChI is InChI=1S/C16H17F2NO3/c1-14(2)15(3)6-7-16(14,22-13(15)21)12(20)19-9-4-5-10(17)11(18)8-9/h4-5,8H,6-7H2,1-3H3,(H,19,20)/t15-,16+/m0/s1. The van der Waals surface area contributed by atoms with Gasteiger partial charge in [0.2, 0.25) is 0 Å². The lowest BCUT2D eigenvalue weighted by atomic mass is 9.66. The Morgan fingerprint density at radius 2 is 1.86 bits per heavy atom. The first kappa shape index (κ1) is 14.9. The fraction of sp³-hybridized carbons (Fsp3) is 0.500. The number of amides is 1. The second-order valence-electron chi connectivity index (χ2n) is 6.76. The predicted octanol–water partition coefficient (Wildman–Crippen LogP) is 3.03. The number of hydrogen-bond donors (Lipinski definition) is 1. The van der Waals surface area contributed by atoms with Crippen molar-refractivity contribution in [2.75, 3.05) is 5.32 Å². The molecule has 1 aliphatic carbocycles. The Labute approximate surface area is 126 Å². The van der Waals surface area contributed by atoms with Gasteiger partial charge in [0.05, 0.1) is 5.41 Å². The number of hydrogen-bond acceptors (Lipinski definition) is 3. The molecule has 1 aromatic rings. The van der Waals surface area contributed by atoms with Crippen molar-refractivity contribution in [3.05, 3.63) is 29.8 Å². The molecule has 1 aliphatic heterocycles. The van der Waals surface area contributed by atoms with E-state index in [9.17, 15) is 18.4 Å². The molecule has 118 valence electrons. The predicted molar refractivity (Wildman–Crippen MR) is 74.9 cm³/mol. The first-order chi connectivity index (χ1) is 10.1. The number of esters is 1. The van der Waals surface area contributed by atoms with E-state index in [1.165, 1.54) is 6.07 Å². The van der Waals surface area contributed by atoms with Gasteiger partial charge in [-0.05, 0) is 31.9 Å². The summed E-state index contributed by atoms with van der Waals surface area (Å²) in [6.07, 6.45) is 0.974. The maximum Gasteiger partial charge on any atom is 0.313 e. The van der Waals surface area contributed by atoms with Gasteiger partial charge in [-0.1, -0.05) is 13.8 Å². The van der Waals surface area contributed by atoms with E-state index in [1.54, 1.807) is 6.92 Å². The van der Waals surface area contributed by atoms with Gasteiger partial charge in [-0.3, -0.25) is 9.59 Å². The van der Waals surface area contributed by atoms with Crippen molar-refractivity contribution in [3.8, 4) is 0 Å². The number of carbonyl (C=O) groups excluding carboxylic acids is 2. The van der Waals surface area contributed by atoms with Crippen LogP contribution in [0.4, 0.5) is 14.5 Å². The SMILES string of the molecule is CC1(C)[C@@]2(C)CC[C@]1(C(=O)Nc1ccc(F)c(F)c1)OC2=O. The largest absolute Gasteiger partial charge is 0.448 e. The minimum Gasteiger partial charge on any atom is -0.448 e. The van der Waals surface area contributed by atoms with Gasteiger partial charge in [-0.15, -0.1) is 0 Å². The van der Waals surface area contributed by atoms with Gasteiger partial charge in [0.15, 0.2) is 17.2 Å². The summed E-state index contributed by atoms with van der Waals surface area (Å²) in [7, 11) is 0. The fourth-order valence-electron chi connectivity index (χ4n) is 3.55. The van der Waals surface area contributed by atoms with Crippen LogP contribution in [-0.4, -0.2) is 17.5 Å². The number of carbonyl (C=O) groups is 2. The number of rotatable bonds is 2. The van der Waals surface area contributed by atoms with Crippen molar-refractivity contribution in [3.63, 3.8) is 0 Å². The van der Waals surface area contributed by atoms with Crippen LogP contribution < -0.4 is 5.32 Å². The van der Waals surface area contributed by atoms with Crippen molar-refractivity contribution in [2.24, 2.45) is 10.8 Å². The van der Waals surface area contributed by atoms with Crippen LogP contribution in [-0.2, 0) is 14.3 Å². The molecular formula is C16H17F2NO3. The maximum absolute atomic E-state index is 13.3. The summed E-state index contributed by atoms with van der Waals surface area (Å²) in [5, 5.41) is 2.54. The Kier molecular flexibility index (Phi) is 2.90. The molecule has 1 saturated heterocycles. The van der Waals surface area contributed by atoms with Crippen LogP contribution in [0.5, 0.6) is 0 Å². The molecule has 1 heterocycles. The Balaban J connectivity index is 1.92. The smallest absolute Gasteiger partial charge is 0.313 e. The average Bonchev–Trinajstić information content (AvgIpc) is 2.73. The maximum atomic E-state index is 13.3. The number of halogens is 2. The third kappa shape index (κ3) is 1.61. The van der Waals surface area contributed by atoms with Crippen molar-refractivity contribution in [1.29, 1.82) is 0 Å². The molecule has 0 radical (unpaired) electrons. The van der Waals surface area contributed by atoms with E-state index in [2.05, 4.69) is 5.32 Å². The molecule has 0 aromatic heterocycles. The minimum absolute atomic E-state index is 0.130. The Hall–Kier alpha value is -1.98. The number of fused-ring (bicyclic) bond motifs is 2. The molecular weight excluding hydrogens is 292 g/mol. The highest BCUT2D eigenvalue weighted by molar-refractivity contribution is 6.03. The van der Waals surface area contributed by atoms with Gasteiger partial charge in [0.1, 0.15) is 0 Å². The van der Waals surface area contributed by atoms with Crippen LogP contribution in [0.1, 0.15) is 33.6 Å². The van der Waals surface area contributed by atoms with Crippen LogP contribution in [0.2, 0.25) is 0 Å². The van der Waals surface area contributed by atoms with Gasteiger partial charge in [0, 0.05) is 17.2 Å². The summed E-state index contributed by atoms with van der Waals surface area (Å²) in [6.45, 7) is 5.46. The van der Waals surface area contributed by atoms with E-state index in [4.69, 9.17) is 4.74 Å². The molecule has 6 heteroatoms. The quantitative estimate of drug-likeness (QED) is 0.854. The zero-order valence-corrected chi connectivity index (χ0v) is 12.6. The molecule has 4 nitrogen and oxygen atoms in total. The molecule has 1 N–H and O–H groups in total. The second kappa shape index (κ2) is 4.27. The minimum atomic E-state index is -1.27.